The van der Waals surface area contributed by atoms with Gasteiger partial charge in [0.15, 0.2) is 12.3 Å². The molecular weight excluding hydrogens is 348 g/mol. The lowest BCUT2D eigenvalue weighted by molar-refractivity contribution is -0.897. The Hall–Kier alpha value is -1.39. The fraction of sp³-hybridized carbons (Fsp3) is 0.619. The Kier molecular flexibility index (Phi) is 6.71. The minimum atomic E-state index is 0.0707. The summed E-state index contributed by atoms with van der Waals surface area (Å²) in [6.07, 6.45) is 6.54. The van der Waals surface area contributed by atoms with Crippen LogP contribution in [0.1, 0.15) is 55.8 Å². The second-order valence-corrected chi connectivity index (χ2v) is 8.44. The van der Waals surface area contributed by atoms with Crippen molar-refractivity contribution >= 4 is 23.3 Å². The van der Waals surface area contributed by atoms with Crippen LogP contribution in [0.25, 0.3) is 0 Å². The molecule has 3 rings (SSSR count). The Bertz CT molecular complexity index is 623. The summed E-state index contributed by atoms with van der Waals surface area (Å²) in [5.74, 6) is 1.04. The van der Waals surface area contributed by atoms with E-state index in [0.717, 1.165) is 37.9 Å². The lowest BCUT2D eigenvalue weighted by atomic mass is 9.86. The first-order valence-electron chi connectivity index (χ1n) is 9.95. The highest BCUT2D eigenvalue weighted by Gasteiger charge is 2.30. The van der Waals surface area contributed by atoms with Gasteiger partial charge in [-0.3, -0.25) is 9.59 Å². The van der Waals surface area contributed by atoms with Crippen LogP contribution in [-0.4, -0.2) is 37.4 Å². The van der Waals surface area contributed by atoms with E-state index in [4.69, 9.17) is 11.6 Å². The Balaban J connectivity index is 1.44. The summed E-state index contributed by atoms with van der Waals surface area (Å²) in [6, 6.07) is 7.50. The summed E-state index contributed by atoms with van der Waals surface area (Å²) in [4.78, 5) is 26.3. The zero-order valence-corrected chi connectivity index (χ0v) is 16.4. The predicted octanol–water partition coefficient (Wildman–Crippen LogP) is 2.51. The van der Waals surface area contributed by atoms with E-state index in [-0.39, 0.29) is 17.6 Å². The van der Waals surface area contributed by atoms with E-state index in [1.165, 1.54) is 24.2 Å². The quantitative estimate of drug-likeness (QED) is 0.774. The van der Waals surface area contributed by atoms with Crippen molar-refractivity contribution < 1.29 is 14.5 Å². The fourth-order valence-electron chi connectivity index (χ4n) is 4.33. The third-order valence-electron chi connectivity index (χ3n) is 6.06. The van der Waals surface area contributed by atoms with Gasteiger partial charge in [0.05, 0.1) is 13.1 Å². The van der Waals surface area contributed by atoms with Crippen LogP contribution in [0.15, 0.2) is 24.3 Å². The van der Waals surface area contributed by atoms with Gasteiger partial charge in [-0.2, -0.15) is 0 Å². The molecule has 142 valence electrons. The molecule has 5 heteroatoms. The van der Waals surface area contributed by atoms with Gasteiger partial charge < -0.3 is 10.2 Å². The van der Waals surface area contributed by atoms with Crippen molar-refractivity contribution in [3.63, 3.8) is 0 Å². The van der Waals surface area contributed by atoms with Crippen LogP contribution >= 0.6 is 11.6 Å². The molecule has 1 saturated heterocycles. The van der Waals surface area contributed by atoms with Crippen molar-refractivity contribution in [2.45, 2.75) is 51.5 Å². The molecule has 4 nitrogen and oxygen atoms in total. The van der Waals surface area contributed by atoms with Gasteiger partial charge >= 0.3 is 0 Å². The number of benzene rings is 1. The van der Waals surface area contributed by atoms with E-state index in [9.17, 15) is 9.59 Å². The molecule has 1 amide bonds. The number of rotatable bonds is 5. The first-order chi connectivity index (χ1) is 12.5. The maximum Gasteiger partial charge on any atom is 0.275 e. The summed E-state index contributed by atoms with van der Waals surface area (Å²) < 4.78 is 0. The number of carbonyl (C=O) groups is 2. The average Bonchev–Trinajstić information content (AvgIpc) is 2.64. The number of ketones is 1. The molecule has 26 heavy (non-hydrogen) atoms. The van der Waals surface area contributed by atoms with Crippen LogP contribution in [0.2, 0.25) is 5.02 Å². The molecule has 2 aliphatic rings. The van der Waals surface area contributed by atoms with E-state index in [1.807, 2.05) is 12.1 Å². The van der Waals surface area contributed by atoms with Crippen LogP contribution in [-0.2, 0) is 4.79 Å². The van der Waals surface area contributed by atoms with Crippen LogP contribution in [0.5, 0.6) is 0 Å². The second-order valence-electron chi connectivity index (χ2n) is 8.01. The van der Waals surface area contributed by atoms with Crippen molar-refractivity contribution in [3.05, 3.63) is 34.9 Å². The van der Waals surface area contributed by atoms with Crippen LogP contribution in [0.3, 0.4) is 0 Å². The lowest BCUT2D eigenvalue weighted by Gasteiger charge is -2.31. The number of nitrogens with one attached hydrogen (secondary N) is 2. The fourth-order valence-corrected chi connectivity index (χ4v) is 4.46. The maximum atomic E-state index is 12.6. The summed E-state index contributed by atoms with van der Waals surface area (Å²) >= 11 is 5.90. The number of carbonyl (C=O) groups excluding carboxylic acids is 2. The molecule has 1 aromatic rings. The number of amides is 1. The number of hydrogen-bond acceptors (Lipinski definition) is 2. The number of quaternary nitrogens is 1. The first-order valence-corrected chi connectivity index (χ1v) is 10.3. The first kappa shape index (κ1) is 19.4. The summed E-state index contributed by atoms with van der Waals surface area (Å²) in [5.41, 5.74) is 0.742. The van der Waals surface area contributed by atoms with Gasteiger partial charge in [-0.25, -0.2) is 0 Å². The van der Waals surface area contributed by atoms with Gasteiger partial charge in [-0.05, 0) is 43.0 Å². The van der Waals surface area contributed by atoms with Crippen LogP contribution in [0, 0.1) is 11.8 Å². The van der Waals surface area contributed by atoms with Crippen LogP contribution in [0.4, 0.5) is 0 Å². The van der Waals surface area contributed by atoms with Crippen molar-refractivity contribution in [2.75, 3.05) is 19.6 Å². The Morgan fingerprint density at radius 2 is 1.73 bits per heavy atom. The molecule has 0 bridgehead atoms. The molecule has 1 saturated carbocycles. The minimum Gasteiger partial charge on any atom is -0.348 e. The molecule has 2 N–H and O–H groups in total. The topological polar surface area (TPSA) is 50.6 Å². The molecule has 1 aliphatic heterocycles. The summed E-state index contributed by atoms with van der Waals surface area (Å²) in [5, 5.41) is 3.89. The van der Waals surface area contributed by atoms with E-state index in [0.29, 0.717) is 23.5 Å². The van der Waals surface area contributed by atoms with Crippen molar-refractivity contribution in [2.24, 2.45) is 11.8 Å². The lowest BCUT2D eigenvalue weighted by Crippen LogP contribution is -3.14. The number of hydrogen-bond donors (Lipinski definition) is 2. The summed E-state index contributed by atoms with van der Waals surface area (Å²) in [7, 11) is 0. The zero-order chi connectivity index (χ0) is 18.5. The zero-order valence-electron chi connectivity index (χ0n) is 15.6. The number of piperidine rings is 1. The molecule has 2 atom stereocenters. The van der Waals surface area contributed by atoms with E-state index < -0.39 is 0 Å². The standard InChI is InChI=1S/C21H29ClN2O2/c1-15-4-2-3-5-19(15)23-20(25)14-24-12-10-17(11-13-24)21(26)16-6-8-18(22)9-7-16/h6-9,15,17,19H,2-5,10-14H2,1H3,(H,23,25)/p+1/t15-,19+/m0/s1. The molecule has 1 aliphatic carbocycles. The Morgan fingerprint density at radius 3 is 2.38 bits per heavy atom. The Labute approximate surface area is 161 Å². The third kappa shape index (κ3) is 5.08. The number of halogens is 1. The van der Waals surface area contributed by atoms with Gasteiger partial charge in [-0.1, -0.05) is 31.4 Å². The SMILES string of the molecule is C[C@H]1CCCC[C@H]1NC(=O)C[NH+]1CCC(C(=O)c2ccc(Cl)cc2)CC1. The minimum absolute atomic E-state index is 0.0707. The van der Waals surface area contributed by atoms with Crippen molar-refractivity contribution in [3.8, 4) is 0 Å². The van der Waals surface area contributed by atoms with Gasteiger partial charge in [0.25, 0.3) is 5.91 Å². The van der Waals surface area contributed by atoms with E-state index >= 15 is 0 Å². The molecule has 2 fully saturated rings. The largest absolute Gasteiger partial charge is 0.348 e. The van der Waals surface area contributed by atoms with Gasteiger partial charge in [-0.15, -0.1) is 0 Å². The number of likely N-dealkylation sites (tertiary alicyclic amines) is 1. The van der Waals surface area contributed by atoms with Gasteiger partial charge in [0, 0.05) is 35.4 Å². The van der Waals surface area contributed by atoms with E-state index in [2.05, 4.69) is 12.2 Å². The molecule has 0 unspecified atom stereocenters. The number of Topliss-reactive ketones (excluding diaryl/α,β-unsaturated/α-hetero) is 1. The highest BCUT2D eigenvalue weighted by Crippen LogP contribution is 2.23. The molecular formula is C21H30ClN2O2+. The predicted molar refractivity (Wildman–Crippen MR) is 104 cm³/mol. The molecule has 0 spiro atoms. The smallest absolute Gasteiger partial charge is 0.275 e. The molecule has 1 heterocycles. The van der Waals surface area contributed by atoms with E-state index in [1.54, 1.807) is 12.1 Å². The average molecular weight is 378 g/mol. The van der Waals surface area contributed by atoms with Gasteiger partial charge in [0.2, 0.25) is 0 Å². The second kappa shape index (κ2) is 9.01. The van der Waals surface area contributed by atoms with Gasteiger partial charge in [0.1, 0.15) is 0 Å². The maximum absolute atomic E-state index is 12.6. The van der Waals surface area contributed by atoms with Crippen molar-refractivity contribution in [1.29, 1.82) is 0 Å². The van der Waals surface area contributed by atoms with Crippen LogP contribution < -0.4 is 10.2 Å². The molecule has 1 aromatic carbocycles. The third-order valence-corrected chi connectivity index (χ3v) is 6.31. The summed E-state index contributed by atoms with van der Waals surface area (Å²) in [6.45, 7) is 4.55. The van der Waals surface area contributed by atoms with Crippen molar-refractivity contribution in [1.82, 2.24) is 5.32 Å². The normalized spacial score (nSPS) is 29.2. The molecule has 0 aromatic heterocycles. The highest BCUT2D eigenvalue weighted by molar-refractivity contribution is 6.30. The monoisotopic (exact) mass is 377 g/mol. The Morgan fingerprint density at radius 1 is 1.08 bits per heavy atom. The molecule has 0 radical (unpaired) electrons. The highest BCUT2D eigenvalue weighted by atomic mass is 35.5.